The van der Waals surface area contributed by atoms with E-state index in [0.717, 1.165) is 5.69 Å². The third-order valence-electron chi connectivity index (χ3n) is 5.55. The fraction of sp³-hybridized carbons (Fsp3) is 0.130. The van der Waals surface area contributed by atoms with Gasteiger partial charge in [0.05, 0.1) is 11.3 Å². The van der Waals surface area contributed by atoms with Crippen molar-refractivity contribution in [3.8, 4) is 0 Å². The lowest BCUT2D eigenvalue weighted by Gasteiger charge is -2.45. The second-order valence-electron chi connectivity index (χ2n) is 7.06. The van der Waals surface area contributed by atoms with E-state index in [0.29, 0.717) is 29.0 Å². The summed E-state index contributed by atoms with van der Waals surface area (Å²) in [5.41, 5.74) is 1.51. The first-order valence-corrected chi connectivity index (χ1v) is 9.46. The molecule has 0 saturated carbocycles. The molecule has 3 aromatic rings. The number of carbonyl (C=O) groups excluding carboxylic acids is 2. The van der Waals surface area contributed by atoms with Crippen molar-refractivity contribution in [3.05, 3.63) is 89.7 Å². The minimum atomic E-state index is -1.43. The van der Waals surface area contributed by atoms with E-state index in [1.54, 1.807) is 23.1 Å². The van der Waals surface area contributed by atoms with Crippen LogP contribution < -0.4 is 15.1 Å². The van der Waals surface area contributed by atoms with Crippen LogP contribution in [0.25, 0.3) is 0 Å². The molecule has 144 valence electrons. The van der Waals surface area contributed by atoms with Crippen LogP contribution in [0.2, 0.25) is 0 Å². The number of hydrogen-bond donors (Lipinski definition) is 1. The Kier molecular flexibility index (Phi) is 3.71. The molecule has 2 aliphatic rings. The van der Waals surface area contributed by atoms with Gasteiger partial charge in [-0.3, -0.25) is 14.5 Å². The molecule has 0 bridgehead atoms. The maximum atomic E-state index is 13.8. The monoisotopic (exact) mass is 387 g/mol. The van der Waals surface area contributed by atoms with E-state index < -0.39 is 11.5 Å². The van der Waals surface area contributed by atoms with Gasteiger partial charge in [-0.1, -0.05) is 30.3 Å². The summed E-state index contributed by atoms with van der Waals surface area (Å²) in [6.45, 7) is 2.36. The first-order chi connectivity index (χ1) is 14.1. The quantitative estimate of drug-likeness (QED) is 0.720. The van der Waals surface area contributed by atoms with Crippen LogP contribution in [-0.2, 0) is 10.5 Å². The molecule has 5 nitrogen and oxygen atoms in total. The molecule has 0 saturated heterocycles. The Bertz CT molecular complexity index is 1140. The van der Waals surface area contributed by atoms with Crippen molar-refractivity contribution < 1.29 is 14.0 Å². The average molecular weight is 387 g/mol. The highest BCUT2D eigenvalue weighted by atomic mass is 19.1. The maximum absolute atomic E-state index is 13.8. The van der Waals surface area contributed by atoms with Gasteiger partial charge in [0.15, 0.2) is 0 Å². The highest BCUT2D eigenvalue weighted by Crippen LogP contribution is 2.49. The van der Waals surface area contributed by atoms with Crippen LogP contribution in [0.1, 0.15) is 22.8 Å². The van der Waals surface area contributed by atoms with E-state index in [1.165, 1.54) is 29.2 Å². The number of anilines is 3. The molecular weight excluding hydrogens is 369 g/mol. The zero-order chi connectivity index (χ0) is 20.2. The van der Waals surface area contributed by atoms with Gasteiger partial charge in [-0.15, -0.1) is 0 Å². The standard InChI is InChI=1S/C23H18FN3O2/c1-2-26-20-10-6-4-8-18(20)23(22(26)29)25-19-9-5-3-7-17(19)21(28)27(23)16-13-11-15(24)12-14-16/h3-14,25H,2H2,1H3/t23-/m0/s1. The Hall–Kier alpha value is -3.67. The number of amides is 2. The van der Waals surface area contributed by atoms with Crippen LogP contribution in [0, 0.1) is 5.82 Å². The third-order valence-corrected chi connectivity index (χ3v) is 5.55. The molecule has 0 aromatic heterocycles. The van der Waals surface area contributed by atoms with Gasteiger partial charge < -0.3 is 10.2 Å². The van der Waals surface area contributed by atoms with Gasteiger partial charge in [0, 0.05) is 23.5 Å². The highest BCUT2D eigenvalue weighted by Gasteiger charge is 2.59. The fourth-order valence-electron chi connectivity index (χ4n) is 4.29. The number of para-hydroxylation sites is 2. The van der Waals surface area contributed by atoms with Gasteiger partial charge in [-0.2, -0.15) is 0 Å². The van der Waals surface area contributed by atoms with Crippen molar-refractivity contribution in [2.24, 2.45) is 0 Å². The summed E-state index contributed by atoms with van der Waals surface area (Å²) in [5, 5.41) is 3.36. The molecule has 0 aliphatic carbocycles. The van der Waals surface area contributed by atoms with Crippen molar-refractivity contribution >= 4 is 28.9 Å². The van der Waals surface area contributed by atoms with Crippen LogP contribution in [-0.4, -0.2) is 18.4 Å². The Morgan fingerprint density at radius 3 is 2.38 bits per heavy atom. The lowest BCUT2D eigenvalue weighted by Crippen LogP contribution is -2.63. The Morgan fingerprint density at radius 2 is 1.62 bits per heavy atom. The molecule has 1 N–H and O–H groups in total. The first-order valence-electron chi connectivity index (χ1n) is 9.46. The van der Waals surface area contributed by atoms with Gasteiger partial charge in [-0.05, 0) is 49.4 Å². The molecule has 6 heteroatoms. The number of carbonyl (C=O) groups is 2. The first kappa shape index (κ1) is 17.4. The Morgan fingerprint density at radius 1 is 0.931 bits per heavy atom. The van der Waals surface area contributed by atoms with Crippen LogP contribution >= 0.6 is 0 Å². The minimum Gasteiger partial charge on any atom is -0.350 e. The summed E-state index contributed by atoms with van der Waals surface area (Å²) in [6, 6.07) is 20.2. The smallest absolute Gasteiger partial charge is 0.279 e. The molecule has 2 heterocycles. The van der Waals surface area contributed by atoms with Gasteiger partial charge in [0.1, 0.15) is 5.82 Å². The maximum Gasteiger partial charge on any atom is 0.279 e. The molecule has 0 unspecified atom stereocenters. The molecule has 0 radical (unpaired) electrons. The zero-order valence-corrected chi connectivity index (χ0v) is 15.7. The third kappa shape index (κ3) is 2.26. The topological polar surface area (TPSA) is 52.7 Å². The van der Waals surface area contributed by atoms with Crippen LogP contribution in [0.15, 0.2) is 72.8 Å². The molecule has 1 spiro atoms. The lowest BCUT2D eigenvalue weighted by atomic mass is 9.92. The molecule has 5 rings (SSSR count). The van der Waals surface area contributed by atoms with E-state index in [2.05, 4.69) is 5.32 Å². The van der Waals surface area contributed by atoms with E-state index in [4.69, 9.17) is 0 Å². The van der Waals surface area contributed by atoms with Gasteiger partial charge in [0.25, 0.3) is 11.8 Å². The Balaban J connectivity index is 1.83. The second-order valence-corrected chi connectivity index (χ2v) is 7.06. The molecule has 0 fully saturated rings. The van der Waals surface area contributed by atoms with Gasteiger partial charge in [0.2, 0.25) is 5.66 Å². The predicted octanol–water partition coefficient (Wildman–Crippen LogP) is 4.12. The molecule has 3 aromatic carbocycles. The van der Waals surface area contributed by atoms with Gasteiger partial charge in [-0.25, -0.2) is 4.39 Å². The Labute approximate surface area is 167 Å². The summed E-state index contributed by atoms with van der Waals surface area (Å²) < 4.78 is 13.6. The SMILES string of the molecule is CCN1C(=O)[C@]2(Nc3ccccc3C(=O)N2c2ccc(F)cc2)c2ccccc21. The number of nitrogens with zero attached hydrogens (tertiary/aromatic N) is 2. The number of hydrogen-bond acceptors (Lipinski definition) is 3. The number of rotatable bonds is 2. The van der Waals surface area contributed by atoms with Crippen LogP contribution in [0.3, 0.4) is 0 Å². The fourth-order valence-corrected chi connectivity index (χ4v) is 4.29. The normalized spacial score (nSPS) is 19.9. The molecule has 2 aliphatic heterocycles. The molecule has 2 amide bonds. The van der Waals surface area contributed by atoms with E-state index >= 15 is 0 Å². The molecule has 29 heavy (non-hydrogen) atoms. The van der Waals surface area contributed by atoms with Crippen molar-refractivity contribution in [1.29, 1.82) is 0 Å². The summed E-state index contributed by atoms with van der Waals surface area (Å²) in [5.74, 6) is -0.964. The van der Waals surface area contributed by atoms with Crippen molar-refractivity contribution in [3.63, 3.8) is 0 Å². The number of fused-ring (bicyclic) bond motifs is 3. The number of halogens is 1. The van der Waals surface area contributed by atoms with Crippen LogP contribution in [0.4, 0.5) is 21.5 Å². The predicted molar refractivity (Wildman–Crippen MR) is 109 cm³/mol. The lowest BCUT2D eigenvalue weighted by molar-refractivity contribution is -0.122. The van der Waals surface area contributed by atoms with E-state index in [-0.39, 0.29) is 11.8 Å². The second kappa shape index (κ2) is 6.17. The summed E-state index contributed by atoms with van der Waals surface area (Å²) in [6.07, 6.45) is 0. The zero-order valence-electron chi connectivity index (χ0n) is 15.7. The molecular formula is C23H18FN3O2. The average Bonchev–Trinajstić information content (AvgIpc) is 2.97. The van der Waals surface area contributed by atoms with E-state index in [9.17, 15) is 14.0 Å². The van der Waals surface area contributed by atoms with Crippen molar-refractivity contribution in [2.75, 3.05) is 21.7 Å². The summed E-state index contributed by atoms with van der Waals surface area (Å²) in [7, 11) is 0. The number of likely N-dealkylation sites (N-methyl/N-ethyl adjacent to an activating group) is 1. The highest BCUT2D eigenvalue weighted by molar-refractivity contribution is 6.22. The van der Waals surface area contributed by atoms with Crippen LogP contribution in [0.5, 0.6) is 0 Å². The number of benzene rings is 3. The minimum absolute atomic E-state index is 0.242. The summed E-state index contributed by atoms with van der Waals surface area (Å²) >= 11 is 0. The molecule has 1 atom stereocenters. The van der Waals surface area contributed by atoms with E-state index in [1.807, 2.05) is 37.3 Å². The van der Waals surface area contributed by atoms with Crippen molar-refractivity contribution in [2.45, 2.75) is 12.6 Å². The van der Waals surface area contributed by atoms with Crippen molar-refractivity contribution in [1.82, 2.24) is 0 Å². The summed E-state index contributed by atoms with van der Waals surface area (Å²) in [4.78, 5) is 30.5. The van der Waals surface area contributed by atoms with Gasteiger partial charge >= 0.3 is 0 Å². The number of nitrogens with one attached hydrogen (secondary N) is 1. The largest absolute Gasteiger partial charge is 0.350 e.